The second-order valence-corrected chi connectivity index (χ2v) is 6.73. The minimum atomic E-state index is -1.55. The number of rotatable bonds is 7. The van der Waals surface area contributed by atoms with Crippen LogP contribution in [0.1, 0.15) is 12.0 Å². The summed E-state index contributed by atoms with van der Waals surface area (Å²) in [6.07, 6.45) is -1.91. The van der Waals surface area contributed by atoms with Gasteiger partial charge in [-0.2, -0.15) is 4.79 Å². The number of ketones is 1. The second-order valence-electron chi connectivity index (χ2n) is 6.73. The fraction of sp³-hybridized carbons (Fsp3) is 0.353. The number of amides is 2. The van der Waals surface area contributed by atoms with Gasteiger partial charge in [-0.05, 0) is 17.7 Å². The van der Waals surface area contributed by atoms with Gasteiger partial charge in [-0.15, -0.1) is 0 Å². The molecule has 0 aliphatic carbocycles. The van der Waals surface area contributed by atoms with Crippen LogP contribution in [0.15, 0.2) is 24.3 Å². The van der Waals surface area contributed by atoms with Crippen molar-refractivity contribution < 1.29 is 38.7 Å². The van der Waals surface area contributed by atoms with Crippen molar-refractivity contribution >= 4 is 35.2 Å². The summed E-state index contributed by atoms with van der Waals surface area (Å²) in [5, 5.41) is 24.2. The van der Waals surface area contributed by atoms with Crippen LogP contribution >= 0.6 is 0 Å². The number of carbonyl (C=O) groups excluding carboxylic acids is 4. The van der Waals surface area contributed by atoms with E-state index in [0.29, 0.717) is 5.56 Å². The fourth-order valence-electron chi connectivity index (χ4n) is 3.44. The summed E-state index contributed by atoms with van der Waals surface area (Å²) in [7, 11) is 0. The highest BCUT2D eigenvalue weighted by molar-refractivity contribution is 6.62. The molecule has 0 radical (unpaired) electrons. The number of Topliss-reactive ketones (excluding diaryl/α,β-unsaturated/α-hetero) is 1. The molecule has 0 unspecified atom stereocenters. The molecule has 2 fully saturated rings. The number of carbonyl (C=O) groups is 4. The van der Waals surface area contributed by atoms with Gasteiger partial charge in [0.15, 0.2) is 0 Å². The normalized spacial score (nSPS) is 21.5. The number of non-ortho nitro benzene ring substituents is 1. The van der Waals surface area contributed by atoms with Crippen LogP contribution in [0.2, 0.25) is 0 Å². The topological polar surface area (TPSA) is 195 Å². The summed E-state index contributed by atoms with van der Waals surface area (Å²) in [6, 6.07) is 3.58. The predicted octanol–water partition coefficient (Wildman–Crippen LogP) is -1.59. The Hall–Kier alpha value is -4.12. The number of carboxylic acid groups (broad SMARTS) is 1. The molecule has 2 aliphatic rings. The van der Waals surface area contributed by atoms with Gasteiger partial charge in [0.25, 0.3) is 11.5 Å². The maximum atomic E-state index is 12.4. The zero-order valence-corrected chi connectivity index (χ0v) is 15.2. The zero-order valence-electron chi connectivity index (χ0n) is 15.2. The average molecular weight is 416 g/mol. The quantitative estimate of drug-likeness (QED) is 0.0802. The van der Waals surface area contributed by atoms with Crippen molar-refractivity contribution in [3.8, 4) is 0 Å². The van der Waals surface area contributed by atoms with Crippen LogP contribution in [0, 0.1) is 16.0 Å². The fourth-order valence-corrected chi connectivity index (χ4v) is 3.44. The number of fused-ring (bicyclic) bond motifs is 1. The molecule has 3 atom stereocenters. The van der Waals surface area contributed by atoms with E-state index in [9.17, 15) is 34.4 Å². The van der Waals surface area contributed by atoms with Gasteiger partial charge in [0.2, 0.25) is 5.91 Å². The number of nitrogens with one attached hydrogen (secondary N) is 1. The highest BCUT2D eigenvalue weighted by Crippen LogP contribution is 2.32. The number of hydrogen-bond donors (Lipinski definition) is 1. The van der Waals surface area contributed by atoms with E-state index < -0.39 is 52.4 Å². The summed E-state index contributed by atoms with van der Waals surface area (Å²) in [4.78, 5) is 60.6. The number of hydrogen-bond acceptors (Lipinski definition) is 8. The van der Waals surface area contributed by atoms with Crippen LogP contribution in [0.3, 0.4) is 0 Å². The maximum absolute atomic E-state index is 12.4. The minimum absolute atomic E-state index is 0.151. The van der Waals surface area contributed by atoms with Crippen molar-refractivity contribution in [1.82, 2.24) is 10.2 Å². The van der Waals surface area contributed by atoms with Crippen molar-refractivity contribution in [3.05, 3.63) is 45.5 Å². The van der Waals surface area contributed by atoms with Gasteiger partial charge in [0.1, 0.15) is 18.7 Å². The van der Waals surface area contributed by atoms with E-state index in [1.807, 2.05) is 0 Å². The first-order valence-corrected chi connectivity index (χ1v) is 8.66. The lowest BCUT2D eigenvalue weighted by atomic mass is 9.87. The summed E-state index contributed by atoms with van der Waals surface area (Å²) in [6.45, 7) is -0.482. The molecule has 3 rings (SSSR count). The number of esters is 1. The summed E-state index contributed by atoms with van der Waals surface area (Å²) >= 11 is 0. The van der Waals surface area contributed by atoms with Crippen LogP contribution in [0.4, 0.5) is 10.5 Å². The van der Waals surface area contributed by atoms with E-state index in [2.05, 4.69) is 10.1 Å². The molecule has 156 valence electrons. The molecule has 1 aromatic rings. The molecule has 13 nitrogen and oxygen atoms in total. The Balaban J connectivity index is 1.59. The van der Waals surface area contributed by atoms with E-state index >= 15 is 0 Å². The Morgan fingerprint density at radius 3 is 2.47 bits per heavy atom. The molecule has 0 saturated carbocycles. The molecular formula is C17H14N5O8-. The van der Waals surface area contributed by atoms with E-state index in [-0.39, 0.29) is 25.3 Å². The molecule has 2 aliphatic heterocycles. The lowest BCUT2D eigenvalue weighted by Gasteiger charge is -2.37. The summed E-state index contributed by atoms with van der Waals surface area (Å²) in [5.74, 6) is -3.24. The summed E-state index contributed by atoms with van der Waals surface area (Å²) in [5.41, 5.74) is 8.42. The number of nitrogens with zero attached hydrogens (tertiary/aromatic N) is 4. The third-order valence-electron chi connectivity index (χ3n) is 4.95. The molecule has 2 saturated heterocycles. The number of nitro groups is 1. The Kier molecular flexibility index (Phi) is 5.56. The van der Waals surface area contributed by atoms with Crippen molar-refractivity contribution in [2.75, 3.05) is 6.54 Å². The molecule has 2 amide bonds. The van der Waals surface area contributed by atoms with Gasteiger partial charge in [0, 0.05) is 31.0 Å². The highest BCUT2D eigenvalue weighted by Gasteiger charge is 2.54. The molecule has 0 bridgehead atoms. The molecule has 13 heteroatoms. The van der Waals surface area contributed by atoms with Crippen LogP contribution in [0.25, 0.3) is 5.53 Å². The van der Waals surface area contributed by atoms with Gasteiger partial charge >= 0.3 is 11.7 Å². The number of β-lactam (4-membered cyclic amide) rings is 1. The summed E-state index contributed by atoms with van der Waals surface area (Å²) < 4.78 is 4.90. The van der Waals surface area contributed by atoms with Crippen molar-refractivity contribution in [1.29, 1.82) is 0 Å². The monoisotopic (exact) mass is 416 g/mol. The Labute approximate surface area is 168 Å². The lowest BCUT2D eigenvalue weighted by Crippen LogP contribution is -2.67. The number of benzene rings is 1. The zero-order chi connectivity index (χ0) is 22.0. The third kappa shape index (κ3) is 3.86. The molecule has 2 heterocycles. The number of ether oxygens (including phenoxy) is 1. The van der Waals surface area contributed by atoms with Crippen molar-refractivity contribution in [2.24, 2.45) is 5.92 Å². The number of nitro benzene ring substituents is 1. The largest absolute Gasteiger partial charge is 0.530 e. The second kappa shape index (κ2) is 8.09. The molecule has 1 N–H and O–H groups in total. The standard InChI is InChI=1S/C17H15N5O8/c18-20-13(16(25)30-7-8-1-3-10(4-2-8)22(28)29)11(23)5-9-6-21(17(26)27)14-12(9)19-15(14)24/h1-4,9,12,14H,5-7H2,(H,19,24)(H,26,27)/p-1/t9-,12-,14+/m1/s1. The first-order valence-electron chi connectivity index (χ1n) is 8.66. The third-order valence-corrected chi connectivity index (χ3v) is 4.95. The first-order chi connectivity index (χ1) is 14.2. The molecule has 0 aromatic heterocycles. The van der Waals surface area contributed by atoms with E-state index in [4.69, 9.17) is 10.3 Å². The van der Waals surface area contributed by atoms with Gasteiger partial charge in [-0.3, -0.25) is 19.7 Å². The molecular weight excluding hydrogens is 402 g/mol. The van der Waals surface area contributed by atoms with Gasteiger partial charge < -0.3 is 30.4 Å². The Morgan fingerprint density at radius 1 is 1.30 bits per heavy atom. The van der Waals surface area contributed by atoms with Gasteiger partial charge in [-0.25, -0.2) is 4.79 Å². The van der Waals surface area contributed by atoms with E-state index in [1.54, 1.807) is 0 Å². The Morgan fingerprint density at radius 2 is 1.97 bits per heavy atom. The predicted molar refractivity (Wildman–Crippen MR) is 92.5 cm³/mol. The van der Waals surface area contributed by atoms with Gasteiger partial charge in [-0.1, -0.05) is 0 Å². The maximum Gasteiger partial charge on any atom is 0.441 e. The number of likely N-dealkylation sites (tertiary alicyclic amines) is 1. The molecule has 1 aromatic carbocycles. The van der Waals surface area contributed by atoms with Crippen molar-refractivity contribution in [2.45, 2.75) is 25.1 Å². The van der Waals surface area contributed by atoms with Crippen molar-refractivity contribution in [3.63, 3.8) is 0 Å². The Bertz CT molecular complexity index is 976. The highest BCUT2D eigenvalue weighted by atomic mass is 16.6. The van der Waals surface area contributed by atoms with Crippen LogP contribution < -0.4 is 10.4 Å². The average Bonchev–Trinajstić information content (AvgIpc) is 2.99. The van der Waals surface area contributed by atoms with Crippen LogP contribution in [0.5, 0.6) is 0 Å². The van der Waals surface area contributed by atoms with Crippen LogP contribution in [-0.4, -0.2) is 62.7 Å². The molecule has 0 spiro atoms. The van der Waals surface area contributed by atoms with E-state index in [1.165, 1.54) is 24.3 Å². The molecule has 30 heavy (non-hydrogen) atoms. The SMILES string of the molecule is [N-]=[N+]=C(C(=O)C[C@@H]1CN(C(=O)[O-])[C@@H]2C(=O)N[C@H]12)C(=O)OCc1ccc([N+](=O)[O-])cc1. The lowest BCUT2D eigenvalue weighted by molar-refractivity contribution is -0.384. The first kappa shape index (κ1) is 20.6. The smallest absolute Gasteiger partial charge is 0.441 e. The minimum Gasteiger partial charge on any atom is -0.530 e. The van der Waals surface area contributed by atoms with Crippen LogP contribution in [-0.2, 0) is 25.7 Å². The van der Waals surface area contributed by atoms with E-state index in [0.717, 1.165) is 4.90 Å². The van der Waals surface area contributed by atoms with Gasteiger partial charge in [0.05, 0.1) is 11.0 Å².